The van der Waals surface area contributed by atoms with E-state index in [-0.39, 0.29) is 6.04 Å². The van der Waals surface area contributed by atoms with Crippen molar-refractivity contribution in [3.8, 4) is 11.8 Å². The number of hydrogen-bond donors (Lipinski definition) is 2. The molecule has 0 bridgehead atoms. The summed E-state index contributed by atoms with van der Waals surface area (Å²) in [6.45, 7) is 3.33. The van der Waals surface area contributed by atoms with Crippen molar-refractivity contribution in [2.45, 2.75) is 19.4 Å². The fourth-order valence-electron chi connectivity index (χ4n) is 1.47. The number of nitrogens with one attached hydrogen (secondary N) is 1. The van der Waals surface area contributed by atoms with Gasteiger partial charge in [-0.1, -0.05) is 28.1 Å². The van der Waals surface area contributed by atoms with Crippen LogP contribution in [0, 0.1) is 11.8 Å². The lowest BCUT2D eigenvalue weighted by atomic mass is 10.1. The Balaban J connectivity index is 2.52. The van der Waals surface area contributed by atoms with E-state index in [2.05, 4.69) is 45.2 Å². The zero-order valence-electron chi connectivity index (χ0n) is 9.46. The molecular formula is C13H17BrN2. The van der Waals surface area contributed by atoms with E-state index in [1.54, 1.807) is 0 Å². The first-order valence-corrected chi connectivity index (χ1v) is 6.15. The molecule has 0 aromatic heterocycles. The highest BCUT2D eigenvalue weighted by atomic mass is 79.9. The van der Waals surface area contributed by atoms with Gasteiger partial charge in [-0.25, -0.2) is 0 Å². The molecule has 0 aliphatic rings. The zero-order valence-corrected chi connectivity index (χ0v) is 11.0. The Bertz CT molecular complexity index is 362. The van der Waals surface area contributed by atoms with E-state index in [9.17, 15) is 0 Å². The van der Waals surface area contributed by atoms with Crippen LogP contribution in [0.3, 0.4) is 0 Å². The summed E-state index contributed by atoms with van der Waals surface area (Å²) < 4.78 is 1.09. The van der Waals surface area contributed by atoms with Crippen LogP contribution in [-0.2, 0) is 0 Å². The van der Waals surface area contributed by atoms with Crippen molar-refractivity contribution in [3.63, 3.8) is 0 Å². The highest BCUT2D eigenvalue weighted by Crippen LogP contribution is 2.16. The summed E-state index contributed by atoms with van der Waals surface area (Å²) in [5.74, 6) is 5.91. The second-order valence-electron chi connectivity index (χ2n) is 3.47. The quantitative estimate of drug-likeness (QED) is 0.642. The predicted molar refractivity (Wildman–Crippen MR) is 72.0 cm³/mol. The third-order valence-electron chi connectivity index (χ3n) is 2.33. The topological polar surface area (TPSA) is 38.0 Å². The predicted octanol–water partition coefficient (Wildman–Crippen LogP) is 2.45. The molecule has 0 heterocycles. The van der Waals surface area contributed by atoms with Crippen LogP contribution < -0.4 is 11.1 Å². The zero-order chi connectivity index (χ0) is 11.8. The fraction of sp³-hybridized carbons (Fsp3) is 0.385. The Kier molecular flexibility index (Phi) is 6.17. The summed E-state index contributed by atoms with van der Waals surface area (Å²) in [6.07, 6.45) is 0.865. The van der Waals surface area contributed by atoms with Gasteiger partial charge in [0, 0.05) is 30.0 Å². The summed E-state index contributed by atoms with van der Waals surface area (Å²) >= 11 is 3.42. The van der Waals surface area contributed by atoms with Crippen molar-refractivity contribution in [3.05, 3.63) is 34.3 Å². The minimum absolute atomic E-state index is 0.215. The first-order valence-electron chi connectivity index (χ1n) is 5.36. The van der Waals surface area contributed by atoms with E-state index in [1.165, 1.54) is 5.56 Å². The molecule has 86 valence electrons. The summed E-state index contributed by atoms with van der Waals surface area (Å²) in [5, 5.41) is 3.40. The number of nitrogens with two attached hydrogens (primary N) is 1. The summed E-state index contributed by atoms with van der Waals surface area (Å²) in [4.78, 5) is 0. The Hall–Kier alpha value is -0.820. The smallest absolute Gasteiger partial charge is 0.0444 e. The molecular weight excluding hydrogens is 264 g/mol. The van der Waals surface area contributed by atoms with Gasteiger partial charge in [0.25, 0.3) is 0 Å². The number of halogens is 1. The molecule has 1 aromatic carbocycles. The molecule has 0 saturated heterocycles. The maximum Gasteiger partial charge on any atom is 0.0444 e. The van der Waals surface area contributed by atoms with Gasteiger partial charge in [0.05, 0.1) is 0 Å². The summed E-state index contributed by atoms with van der Waals surface area (Å²) in [6, 6.07) is 8.45. The van der Waals surface area contributed by atoms with Gasteiger partial charge in [-0.3, -0.25) is 0 Å². The molecule has 16 heavy (non-hydrogen) atoms. The standard InChI is InChI=1S/C13H17BrN2/c1-2-3-4-9-16-13(10-15)11-5-7-12(14)8-6-11/h5-8,13,16H,4,9-10,15H2,1H3. The third-order valence-corrected chi connectivity index (χ3v) is 2.85. The van der Waals surface area contributed by atoms with Crippen LogP contribution in [0.15, 0.2) is 28.7 Å². The molecule has 0 amide bonds. The lowest BCUT2D eigenvalue weighted by Crippen LogP contribution is -2.28. The monoisotopic (exact) mass is 280 g/mol. The Morgan fingerprint density at radius 3 is 2.62 bits per heavy atom. The molecule has 0 fully saturated rings. The number of hydrogen-bond acceptors (Lipinski definition) is 2. The van der Waals surface area contributed by atoms with Gasteiger partial charge in [-0.2, -0.15) is 0 Å². The van der Waals surface area contributed by atoms with Crippen molar-refractivity contribution >= 4 is 15.9 Å². The van der Waals surface area contributed by atoms with E-state index in [1.807, 2.05) is 19.1 Å². The maximum absolute atomic E-state index is 5.75. The van der Waals surface area contributed by atoms with Crippen molar-refractivity contribution < 1.29 is 0 Å². The van der Waals surface area contributed by atoms with Crippen molar-refractivity contribution in [2.75, 3.05) is 13.1 Å². The van der Waals surface area contributed by atoms with Gasteiger partial charge >= 0.3 is 0 Å². The number of benzene rings is 1. The second kappa shape index (κ2) is 7.45. The van der Waals surface area contributed by atoms with E-state index in [0.717, 1.165) is 17.4 Å². The first kappa shape index (κ1) is 13.2. The van der Waals surface area contributed by atoms with Gasteiger partial charge in [-0.05, 0) is 24.6 Å². The van der Waals surface area contributed by atoms with E-state index < -0.39 is 0 Å². The SMILES string of the molecule is CC#CCCNC(CN)c1ccc(Br)cc1. The second-order valence-corrected chi connectivity index (χ2v) is 4.39. The van der Waals surface area contributed by atoms with Gasteiger partial charge < -0.3 is 11.1 Å². The molecule has 1 aromatic rings. The Morgan fingerprint density at radius 1 is 1.38 bits per heavy atom. The van der Waals surface area contributed by atoms with E-state index in [0.29, 0.717) is 6.54 Å². The van der Waals surface area contributed by atoms with Crippen LogP contribution in [0.1, 0.15) is 24.9 Å². The molecule has 3 N–H and O–H groups in total. The highest BCUT2D eigenvalue weighted by Gasteiger charge is 2.07. The van der Waals surface area contributed by atoms with Crippen molar-refractivity contribution in [1.29, 1.82) is 0 Å². The number of rotatable bonds is 5. The molecule has 0 saturated carbocycles. The molecule has 1 atom stereocenters. The normalized spacial score (nSPS) is 11.7. The van der Waals surface area contributed by atoms with Crippen LogP contribution >= 0.6 is 15.9 Å². The van der Waals surface area contributed by atoms with Gasteiger partial charge in [0.15, 0.2) is 0 Å². The first-order chi connectivity index (χ1) is 7.77. The van der Waals surface area contributed by atoms with E-state index in [4.69, 9.17) is 5.73 Å². The summed E-state index contributed by atoms with van der Waals surface area (Å²) in [7, 11) is 0. The lowest BCUT2D eigenvalue weighted by Gasteiger charge is -2.16. The molecule has 1 rings (SSSR count). The molecule has 1 unspecified atom stereocenters. The molecule has 0 spiro atoms. The van der Waals surface area contributed by atoms with Crippen LogP contribution in [0.4, 0.5) is 0 Å². The minimum atomic E-state index is 0.215. The molecule has 0 radical (unpaired) electrons. The van der Waals surface area contributed by atoms with Gasteiger partial charge in [0.1, 0.15) is 0 Å². The fourth-order valence-corrected chi connectivity index (χ4v) is 1.73. The minimum Gasteiger partial charge on any atom is -0.329 e. The molecule has 3 heteroatoms. The highest BCUT2D eigenvalue weighted by molar-refractivity contribution is 9.10. The maximum atomic E-state index is 5.75. The van der Waals surface area contributed by atoms with Crippen molar-refractivity contribution in [2.24, 2.45) is 5.73 Å². The van der Waals surface area contributed by atoms with Gasteiger partial charge in [-0.15, -0.1) is 11.8 Å². The molecule has 0 aliphatic heterocycles. The van der Waals surface area contributed by atoms with Crippen molar-refractivity contribution in [1.82, 2.24) is 5.32 Å². The third kappa shape index (κ3) is 4.36. The Labute approximate surface area is 106 Å². The average molecular weight is 281 g/mol. The lowest BCUT2D eigenvalue weighted by molar-refractivity contribution is 0.550. The van der Waals surface area contributed by atoms with Crippen LogP contribution in [0.25, 0.3) is 0 Å². The van der Waals surface area contributed by atoms with E-state index >= 15 is 0 Å². The average Bonchev–Trinajstić information content (AvgIpc) is 2.31. The van der Waals surface area contributed by atoms with Gasteiger partial charge in [0.2, 0.25) is 0 Å². The largest absolute Gasteiger partial charge is 0.329 e. The van der Waals surface area contributed by atoms with Crippen LogP contribution in [0.2, 0.25) is 0 Å². The Morgan fingerprint density at radius 2 is 2.06 bits per heavy atom. The van der Waals surface area contributed by atoms with Crippen LogP contribution in [0.5, 0.6) is 0 Å². The van der Waals surface area contributed by atoms with Crippen LogP contribution in [-0.4, -0.2) is 13.1 Å². The summed E-state index contributed by atoms with van der Waals surface area (Å²) in [5.41, 5.74) is 6.97. The molecule has 2 nitrogen and oxygen atoms in total. The molecule has 0 aliphatic carbocycles.